The summed E-state index contributed by atoms with van der Waals surface area (Å²) in [6, 6.07) is 42.6. The molecule has 0 saturated heterocycles. The van der Waals surface area contributed by atoms with Crippen LogP contribution in [-0.4, -0.2) is 0 Å². The minimum Gasteiger partial charge on any atom is -0.0683 e. The van der Waals surface area contributed by atoms with Gasteiger partial charge in [-0.3, -0.25) is 0 Å². The molecule has 0 aliphatic carbocycles. The van der Waals surface area contributed by atoms with Crippen molar-refractivity contribution in [2.24, 2.45) is 0 Å². The van der Waals surface area contributed by atoms with Crippen LogP contribution in [0.3, 0.4) is 0 Å². The molecule has 0 saturated carbocycles. The third kappa shape index (κ3) is 4.47. The van der Waals surface area contributed by atoms with Gasteiger partial charge in [0, 0.05) is 0 Å². The average Bonchev–Trinajstić information content (AvgIpc) is 2.81. The molecule has 0 aromatic heterocycles. The maximum Gasteiger partial charge on any atom is -0.00268 e. The first-order valence-corrected chi connectivity index (χ1v) is 9.89. The molecule has 0 nitrogen and oxygen atoms in total. The zero-order valence-corrected chi connectivity index (χ0v) is 16.5. The van der Waals surface area contributed by atoms with Crippen molar-refractivity contribution in [1.82, 2.24) is 0 Å². The normalized spacial score (nSPS) is 9.79. The first kappa shape index (κ1) is 19.4. The molecule has 0 heteroatoms. The van der Waals surface area contributed by atoms with Crippen LogP contribution in [-0.2, 0) is 0 Å². The zero-order chi connectivity index (χ0) is 19.6. The topological polar surface area (TPSA) is 0 Å². The number of rotatable bonds is 4. The second kappa shape index (κ2) is 10.1. The van der Waals surface area contributed by atoms with Crippen molar-refractivity contribution in [2.45, 2.75) is 13.8 Å². The van der Waals surface area contributed by atoms with E-state index in [9.17, 15) is 0 Å². The quantitative estimate of drug-likeness (QED) is 0.326. The lowest BCUT2D eigenvalue weighted by Crippen LogP contribution is -1.97. The van der Waals surface area contributed by atoms with Crippen molar-refractivity contribution < 1.29 is 0 Å². The van der Waals surface area contributed by atoms with Crippen LogP contribution in [0.4, 0.5) is 0 Å². The third-order valence-electron chi connectivity index (χ3n) is 4.50. The second-order valence-electron chi connectivity index (χ2n) is 6.21. The molecule has 4 aromatic rings. The first-order valence-electron chi connectivity index (χ1n) is 9.89. The van der Waals surface area contributed by atoms with Crippen LogP contribution in [0.25, 0.3) is 11.1 Å². The number of hydrogen-bond donors (Lipinski definition) is 0. The molecule has 0 heterocycles. The van der Waals surface area contributed by atoms with Crippen molar-refractivity contribution in [3.63, 3.8) is 0 Å². The van der Waals surface area contributed by atoms with Gasteiger partial charge in [0.1, 0.15) is 0 Å². The summed E-state index contributed by atoms with van der Waals surface area (Å²) in [6.07, 6.45) is 0. The Bertz CT molecular complexity index is 815. The minimum atomic E-state index is 1.22. The van der Waals surface area contributed by atoms with E-state index < -0.39 is 0 Å². The van der Waals surface area contributed by atoms with Gasteiger partial charge in [0.05, 0.1) is 0 Å². The van der Waals surface area contributed by atoms with Gasteiger partial charge in [0.25, 0.3) is 0 Å². The fourth-order valence-electron chi connectivity index (χ4n) is 3.33. The van der Waals surface area contributed by atoms with Gasteiger partial charge in [-0.15, -0.1) is 0 Å². The van der Waals surface area contributed by atoms with Gasteiger partial charge in [-0.05, 0) is 33.4 Å². The van der Waals surface area contributed by atoms with E-state index in [1.54, 1.807) is 0 Å². The number of hydrogen-bond acceptors (Lipinski definition) is 0. The van der Waals surface area contributed by atoms with E-state index in [2.05, 4.69) is 121 Å². The molecule has 0 bridgehead atoms. The van der Waals surface area contributed by atoms with Crippen molar-refractivity contribution >= 4 is 11.1 Å². The molecule has 4 rings (SSSR count). The smallest absolute Gasteiger partial charge is 0.00268 e. The summed E-state index contributed by atoms with van der Waals surface area (Å²) in [5.41, 5.74) is 7.40. The van der Waals surface area contributed by atoms with Gasteiger partial charge < -0.3 is 0 Å². The molecule has 138 valence electrons. The first-order chi connectivity index (χ1) is 13.9. The molecule has 4 aromatic carbocycles. The third-order valence-corrected chi connectivity index (χ3v) is 4.50. The van der Waals surface area contributed by atoms with Crippen LogP contribution >= 0.6 is 0 Å². The fraction of sp³-hybridized carbons (Fsp3) is 0.0714. The van der Waals surface area contributed by atoms with Crippen LogP contribution in [0.2, 0.25) is 0 Å². The summed E-state index contributed by atoms with van der Waals surface area (Å²) in [6.45, 7) is 4.00. The van der Waals surface area contributed by atoms with E-state index in [1.165, 1.54) is 33.4 Å². The predicted molar refractivity (Wildman–Crippen MR) is 122 cm³/mol. The molecule has 0 N–H and O–H groups in total. The zero-order valence-electron chi connectivity index (χ0n) is 16.5. The molecule has 0 aliphatic heterocycles. The molecule has 0 atom stereocenters. The summed E-state index contributed by atoms with van der Waals surface area (Å²) < 4.78 is 0. The van der Waals surface area contributed by atoms with Crippen LogP contribution < -0.4 is 0 Å². The highest BCUT2D eigenvalue weighted by molar-refractivity contribution is 6.04. The minimum absolute atomic E-state index is 1.22. The van der Waals surface area contributed by atoms with Gasteiger partial charge in [-0.2, -0.15) is 0 Å². The maximum absolute atomic E-state index is 2.19. The molecule has 0 unspecified atom stereocenters. The SMILES string of the molecule is CC.c1ccc(C(=C(c2ccccc2)c2ccccc2)c2ccccc2)cc1. The van der Waals surface area contributed by atoms with Gasteiger partial charge in [0.2, 0.25) is 0 Å². The summed E-state index contributed by atoms with van der Waals surface area (Å²) in [7, 11) is 0. The van der Waals surface area contributed by atoms with Crippen molar-refractivity contribution in [3.8, 4) is 0 Å². The Hall–Kier alpha value is -3.38. The lowest BCUT2D eigenvalue weighted by atomic mass is 9.86. The fourth-order valence-corrected chi connectivity index (χ4v) is 3.33. The Morgan fingerprint density at radius 1 is 0.321 bits per heavy atom. The van der Waals surface area contributed by atoms with E-state index in [0.29, 0.717) is 0 Å². The maximum atomic E-state index is 2.19. The van der Waals surface area contributed by atoms with E-state index in [-0.39, 0.29) is 0 Å². The largest absolute Gasteiger partial charge is 0.0683 e. The Morgan fingerprint density at radius 2 is 0.500 bits per heavy atom. The number of benzene rings is 4. The highest BCUT2D eigenvalue weighted by atomic mass is 14.2. The molecular weight excluding hydrogens is 336 g/mol. The van der Waals surface area contributed by atoms with E-state index in [1.807, 2.05) is 13.8 Å². The van der Waals surface area contributed by atoms with E-state index in [0.717, 1.165) is 0 Å². The van der Waals surface area contributed by atoms with Crippen molar-refractivity contribution in [1.29, 1.82) is 0 Å². The summed E-state index contributed by atoms with van der Waals surface area (Å²) in [5, 5.41) is 0. The molecular formula is C28H26. The molecule has 0 spiro atoms. The summed E-state index contributed by atoms with van der Waals surface area (Å²) in [4.78, 5) is 0. The van der Waals surface area contributed by atoms with E-state index >= 15 is 0 Å². The Kier molecular flexibility index (Phi) is 6.98. The Balaban J connectivity index is 0.00000109. The highest BCUT2D eigenvalue weighted by Gasteiger charge is 2.15. The van der Waals surface area contributed by atoms with Crippen LogP contribution in [0.5, 0.6) is 0 Å². The van der Waals surface area contributed by atoms with Gasteiger partial charge in [0.15, 0.2) is 0 Å². The van der Waals surface area contributed by atoms with Crippen LogP contribution in [0.1, 0.15) is 36.1 Å². The van der Waals surface area contributed by atoms with Gasteiger partial charge >= 0.3 is 0 Å². The van der Waals surface area contributed by atoms with Crippen LogP contribution in [0.15, 0.2) is 121 Å². The standard InChI is InChI=1S/C26H20.C2H6/c1-5-13-21(14-6-1)25(22-15-7-2-8-16-22)26(23-17-9-3-10-18-23)24-19-11-4-12-20-24;1-2/h1-20H;1-2H3. The van der Waals surface area contributed by atoms with Crippen LogP contribution in [0, 0.1) is 0 Å². The van der Waals surface area contributed by atoms with Gasteiger partial charge in [-0.25, -0.2) is 0 Å². The Labute approximate surface area is 168 Å². The van der Waals surface area contributed by atoms with Crippen molar-refractivity contribution in [2.75, 3.05) is 0 Å². The average molecular weight is 363 g/mol. The lowest BCUT2D eigenvalue weighted by molar-refractivity contribution is 1.50. The summed E-state index contributed by atoms with van der Waals surface area (Å²) in [5.74, 6) is 0. The molecule has 28 heavy (non-hydrogen) atoms. The molecule has 0 amide bonds. The second-order valence-corrected chi connectivity index (χ2v) is 6.21. The highest BCUT2D eigenvalue weighted by Crippen LogP contribution is 2.36. The molecule has 0 radical (unpaired) electrons. The lowest BCUT2D eigenvalue weighted by Gasteiger charge is -2.18. The van der Waals surface area contributed by atoms with Gasteiger partial charge in [-0.1, -0.05) is 135 Å². The van der Waals surface area contributed by atoms with Crippen molar-refractivity contribution in [3.05, 3.63) is 144 Å². The Morgan fingerprint density at radius 3 is 0.679 bits per heavy atom. The molecule has 0 aliphatic rings. The summed E-state index contributed by atoms with van der Waals surface area (Å²) >= 11 is 0. The predicted octanol–water partition coefficient (Wildman–Crippen LogP) is 7.72. The van der Waals surface area contributed by atoms with E-state index in [4.69, 9.17) is 0 Å². The monoisotopic (exact) mass is 362 g/mol. The molecule has 0 fully saturated rings.